The third-order valence-electron chi connectivity index (χ3n) is 2.74. The molecule has 0 saturated carbocycles. The number of thioether (sulfide) groups is 1. The second-order valence-corrected chi connectivity index (χ2v) is 5.03. The molecule has 1 atom stereocenters. The van der Waals surface area contributed by atoms with Crippen molar-refractivity contribution in [1.82, 2.24) is 10.2 Å². The van der Waals surface area contributed by atoms with E-state index in [1.54, 1.807) is 17.8 Å². The predicted molar refractivity (Wildman–Crippen MR) is 63.6 cm³/mol. The van der Waals surface area contributed by atoms with Gasteiger partial charge in [-0.25, -0.2) is 0 Å². The van der Waals surface area contributed by atoms with Gasteiger partial charge in [-0.2, -0.15) is 0 Å². The van der Waals surface area contributed by atoms with Crippen molar-refractivity contribution in [3.05, 3.63) is 22.8 Å². The number of nitrogens with one attached hydrogen (secondary N) is 1. The molecule has 1 unspecified atom stereocenters. The van der Waals surface area contributed by atoms with Crippen LogP contribution in [0.3, 0.4) is 0 Å². The Morgan fingerprint density at radius 3 is 3.25 bits per heavy atom. The second kappa shape index (κ2) is 4.74. The van der Waals surface area contributed by atoms with Crippen molar-refractivity contribution in [1.29, 1.82) is 0 Å². The van der Waals surface area contributed by atoms with Gasteiger partial charge >= 0.3 is 0 Å². The molecule has 1 N–H and O–H groups in total. The number of likely N-dealkylation sites (N-methyl/N-ethyl adjacent to an activating group) is 1. The molecule has 2 aliphatic rings. The largest absolute Gasteiger partial charge is 0.362 e. The predicted octanol–water partition coefficient (Wildman–Crippen LogP) is 0.868. The van der Waals surface area contributed by atoms with E-state index >= 15 is 0 Å². The van der Waals surface area contributed by atoms with Gasteiger partial charge in [-0.05, 0) is 12.5 Å². The highest BCUT2D eigenvalue weighted by molar-refractivity contribution is 8.04. The number of carbonyl (C=O) groups is 2. The van der Waals surface area contributed by atoms with Crippen LogP contribution in [0.1, 0.15) is 12.8 Å². The minimum Gasteiger partial charge on any atom is -0.362 e. The first kappa shape index (κ1) is 11.3. The molecule has 0 aromatic carbocycles. The number of allylic oxidation sites excluding steroid dienone is 2. The molecule has 1 saturated heterocycles. The number of ketones is 1. The van der Waals surface area contributed by atoms with Gasteiger partial charge in [0.2, 0.25) is 6.41 Å². The fourth-order valence-electron chi connectivity index (χ4n) is 1.89. The van der Waals surface area contributed by atoms with Gasteiger partial charge in [0, 0.05) is 30.6 Å². The van der Waals surface area contributed by atoms with Crippen molar-refractivity contribution >= 4 is 24.0 Å². The molecule has 0 spiro atoms. The summed E-state index contributed by atoms with van der Waals surface area (Å²) in [7, 11) is 2.03. The highest BCUT2D eigenvalue weighted by Crippen LogP contribution is 2.43. The number of amides is 1. The molecule has 1 aliphatic carbocycles. The summed E-state index contributed by atoms with van der Waals surface area (Å²) in [6, 6.07) is 0. The van der Waals surface area contributed by atoms with Gasteiger partial charge in [-0.15, -0.1) is 0 Å². The molecule has 0 radical (unpaired) electrons. The molecule has 0 aromatic heterocycles. The normalized spacial score (nSPS) is 23.7. The van der Waals surface area contributed by atoms with Crippen LogP contribution in [-0.2, 0) is 9.59 Å². The maximum Gasteiger partial charge on any atom is 0.207 e. The van der Waals surface area contributed by atoms with Gasteiger partial charge in [0.25, 0.3) is 0 Å². The van der Waals surface area contributed by atoms with Crippen molar-refractivity contribution in [3.63, 3.8) is 0 Å². The van der Waals surface area contributed by atoms with Crippen LogP contribution in [0, 0.1) is 0 Å². The standard InChI is InChI=1S/C11H14N2O2S/c1-13-9-3-2-8(15)6-10(9)16-11(13)4-5-12-7-14/h3,6-7,11H,2,4-5H2,1H3,(H,12,14). The summed E-state index contributed by atoms with van der Waals surface area (Å²) >= 11 is 1.70. The lowest BCUT2D eigenvalue weighted by atomic mass is 10.1. The fraction of sp³-hybridized carbons (Fsp3) is 0.455. The Kier molecular flexibility index (Phi) is 3.33. The summed E-state index contributed by atoms with van der Waals surface area (Å²) in [5.41, 5.74) is 1.15. The number of carbonyl (C=O) groups excluding carboxylic acids is 2. The molecule has 1 amide bonds. The van der Waals surface area contributed by atoms with Crippen LogP contribution in [0.15, 0.2) is 22.8 Å². The van der Waals surface area contributed by atoms with E-state index < -0.39 is 0 Å². The van der Waals surface area contributed by atoms with E-state index in [-0.39, 0.29) is 5.78 Å². The molecule has 0 aromatic rings. The highest BCUT2D eigenvalue weighted by Gasteiger charge is 2.31. The van der Waals surface area contributed by atoms with Gasteiger partial charge in [-0.3, -0.25) is 9.59 Å². The third-order valence-corrected chi connectivity index (χ3v) is 4.14. The molecule has 1 aliphatic heterocycles. The molecule has 1 fully saturated rings. The Morgan fingerprint density at radius 1 is 1.69 bits per heavy atom. The van der Waals surface area contributed by atoms with Gasteiger partial charge < -0.3 is 10.2 Å². The monoisotopic (exact) mass is 238 g/mol. The second-order valence-electron chi connectivity index (χ2n) is 3.81. The molecule has 16 heavy (non-hydrogen) atoms. The highest BCUT2D eigenvalue weighted by atomic mass is 32.2. The smallest absolute Gasteiger partial charge is 0.207 e. The zero-order valence-corrected chi connectivity index (χ0v) is 9.92. The van der Waals surface area contributed by atoms with Crippen molar-refractivity contribution in [2.75, 3.05) is 13.6 Å². The average Bonchev–Trinajstić information content (AvgIpc) is 2.56. The van der Waals surface area contributed by atoms with Crippen LogP contribution in [0.5, 0.6) is 0 Å². The van der Waals surface area contributed by atoms with Crippen LogP contribution in [0.2, 0.25) is 0 Å². The molecule has 0 bridgehead atoms. The van der Waals surface area contributed by atoms with E-state index in [1.807, 2.05) is 13.1 Å². The summed E-state index contributed by atoms with van der Waals surface area (Å²) < 4.78 is 0. The number of hydrogen-bond acceptors (Lipinski definition) is 4. The lowest BCUT2D eigenvalue weighted by Gasteiger charge is -2.21. The first-order valence-corrected chi connectivity index (χ1v) is 6.12. The van der Waals surface area contributed by atoms with Crippen molar-refractivity contribution in [2.45, 2.75) is 18.2 Å². The molecule has 4 nitrogen and oxygen atoms in total. The zero-order valence-electron chi connectivity index (χ0n) is 9.10. The first-order chi connectivity index (χ1) is 7.72. The third kappa shape index (κ3) is 2.14. The summed E-state index contributed by atoms with van der Waals surface area (Å²) in [4.78, 5) is 24.7. The van der Waals surface area contributed by atoms with Crippen LogP contribution in [0.4, 0.5) is 0 Å². The lowest BCUT2D eigenvalue weighted by Crippen LogP contribution is -2.26. The van der Waals surface area contributed by atoms with Crippen LogP contribution in [0.25, 0.3) is 0 Å². The van der Waals surface area contributed by atoms with Crippen LogP contribution < -0.4 is 5.32 Å². The van der Waals surface area contributed by atoms with Crippen molar-refractivity contribution in [3.8, 4) is 0 Å². The summed E-state index contributed by atoms with van der Waals surface area (Å²) in [6.07, 6.45) is 5.81. The fourth-order valence-corrected chi connectivity index (χ4v) is 3.24. The number of fused-ring (bicyclic) bond motifs is 1. The van der Waals surface area contributed by atoms with Crippen LogP contribution >= 0.6 is 11.8 Å². The van der Waals surface area contributed by atoms with E-state index in [9.17, 15) is 9.59 Å². The summed E-state index contributed by atoms with van der Waals surface area (Å²) in [5, 5.41) is 2.97. The Balaban J connectivity index is 2.02. The van der Waals surface area contributed by atoms with Gasteiger partial charge in [0.05, 0.1) is 5.37 Å². The Morgan fingerprint density at radius 2 is 2.50 bits per heavy atom. The maximum atomic E-state index is 11.3. The topological polar surface area (TPSA) is 49.4 Å². The number of hydrogen-bond donors (Lipinski definition) is 1. The molecule has 2 rings (SSSR count). The minimum atomic E-state index is 0.173. The zero-order chi connectivity index (χ0) is 11.5. The van der Waals surface area contributed by atoms with Gasteiger partial charge in [0.1, 0.15) is 0 Å². The molecule has 5 heteroatoms. The Labute approximate surface area is 98.8 Å². The summed E-state index contributed by atoms with van der Waals surface area (Å²) in [6.45, 7) is 0.667. The first-order valence-electron chi connectivity index (χ1n) is 5.24. The summed E-state index contributed by atoms with van der Waals surface area (Å²) in [5.74, 6) is 0.173. The van der Waals surface area contributed by atoms with E-state index in [0.717, 1.165) is 17.0 Å². The Hall–Kier alpha value is -1.23. The van der Waals surface area contributed by atoms with E-state index in [4.69, 9.17) is 0 Å². The van der Waals surface area contributed by atoms with E-state index in [2.05, 4.69) is 10.2 Å². The van der Waals surface area contributed by atoms with Crippen molar-refractivity contribution in [2.24, 2.45) is 0 Å². The SMILES string of the molecule is CN1C2=CCC(=O)C=C2SC1CCNC=O. The quantitative estimate of drug-likeness (QED) is 0.583. The molecular formula is C11H14N2O2S. The lowest BCUT2D eigenvalue weighted by molar-refractivity contribution is -0.114. The molecular weight excluding hydrogens is 224 g/mol. The molecule has 86 valence electrons. The Bertz CT molecular complexity index is 376. The van der Waals surface area contributed by atoms with E-state index in [0.29, 0.717) is 24.7 Å². The average molecular weight is 238 g/mol. The minimum absolute atomic E-state index is 0.173. The van der Waals surface area contributed by atoms with Gasteiger partial charge in [0.15, 0.2) is 5.78 Å². The number of rotatable bonds is 4. The maximum absolute atomic E-state index is 11.3. The van der Waals surface area contributed by atoms with Crippen LogP contribution in [-0.4, -0.2) is 36.1 Å². The van der Waals surface area contributed by atoms with Gasteiger partial charge in [-0.1, -0.05) is 17.8 Å². The molecule has 1 heterocycles. The number of nitrogens with zero attached hydrogens (tertiary/aromatic N) is 1. The van der Waals surface area contributed by atoms with Crippen molar-refractivity contribution < 1.29 is 9.59 Å². The van der Waals surface area contributed by atoms with E-state index in [1.165, 1.54) is 0 Å².